The smallest absolute Gasteiger partial charge is 0.141 e. The van der Waals surface area contributed by atoms with Crippen molar-refractivity contribution in [1.29, 1.82) is 0 Å². The predicted molar refractivity (Wildman–Crippen MR) is 63.0 cm³/mol. The minimum Gasteiger partial charge on any atom is -0.395 e. The summed E-state index contributed by atoms with van der Waals surface area (Å²) in [5.41, 5.74) is 0.917. The maximum Gasteiger partial charge on any atom is 0.141 e. The summed E-state index contributed by atoms with van der Waals surface area (Å²) in [6, 6.07) is 1.53. The molecule has 0 radical (unpaired) electrons. The fourth-order valence-corrected chi connectivity index (χ4v) is 2.11. The van der Waals surface area contributed by atoms with Gasteiger partial charge in [-0.2, -0.15) is 0 Å². The van der Waals surface area contributed by atoms with Crippen LogP contribution in [0, 0.1) is 5.82 Å². The quantitative estimate of drug-likeness (QED) is 0.822. The summed E-state index contributed by atoms with van der Waals surface area (Å²) < 4.78 is 13.0. The van der Waals surface area contributed by atoms with Crippen LogP contribution in [0.25, 0.3) is 0 Å². The van der Waals surface area contributed by atoms with Gasteiger partial charge in [0.05, 0.1) is 12.8 Å². The number of aromatic nitrogens is 1. The van der Waals surface area contributed by atoms with E-state index in [1.54, 1.807) is 6.20 Å². The zero-order valence-electron chi connectivity index (χ0n) is 9.85. The number of pyridine rings is 1. The number of aliphatic hydroxyl groups is 1. The van der Waals surface area contributed by atoms with Gasteiger partial charge in [0.15, 0.2) is 0 Å². The topological polar surface area (TPSA) is 39.6 Å². The number of aliphatic hydroxyl groups excluding tert-OH is 1. The van der Waals surface area contributed by atoms with E-state index in [0.717, 1.165) is 44.8 Å². The molecule has 2 rings (SSSR count). The molecule has 4 nitrogen and oxygen atoms in total. The molecule has 0 amide bonds. The number of β-amino-alcohol motifs (C(OH)–C–C–N with tert-alkyl or cyclic N) is 1. The number of rotatable bonds is 4. The van der Waals surface area contributed by atoms with Crippen molar-refractivity contribution in [3.63, 3.8) is 0 Å². The van der Waals surface area contributed by atoms with Crippen molar-refractivity contribution in [2.24, 2.45) is 0 Å². The Kier molecular flexibility index (Phi) is 4.42. The zero-order chi connectivity index (χ0) is 12.1. The maximum absolute atomic E-state index is 13.0. The summed E-state index contributed by atoms with van der Waals surface area (Å²) >= 11 is 0. The van der Waals surface area contributed by atoms with Crippen LogP contribution in [0.4, 0.5) is 4.39 Å². The molecule has 0 aliphatic carbocycles. The number of halogens is 1. The zero-order valence-corrected chi connectivity index (χ0v) is 9.85. The van der Waals surface area contributed by atoms with Gasteiger partial charge in [0.25, 0.3) is 0 Å². The average Bonchev–Trinajstić information content (AvgIpc) is 2.32. The highest BCUT2D eigenvalue weighted by molar-refractivity contribution is 5.10. The van der Waals surface area contributed by atoms with E-state index < -0.39 is 0 Å². The molecule has 0 unspecified atom stereocenters. The second-order valence-corrected chi connectivity index (χ2v) is 4.35. The normalized spacial score (nSPS) is 18.5. The lowest BCUT2D eigenvalue weighted by molar-refractivity contribution is 0.108. The first-order valence-corrected chi connectivity index (χ1v) is 5.93. The molecule has 0 bridgehead atoms. The molecular formula is C12H18FN3O. The van der Waals surface area contributed by atoms with Crippen molar-refractivity contribution >= 4 is 0 Å². The Morgan fingerprint density at radius 2 is 1.88 bits per heavy atom. The molecule has 1 aromatic heterocycles. The van der Waals surface area contributed by atoms with Crippen molar-refractivity contribution in [3.05, 3.63) is 29.8 Å². The van der Waals surface area contributed by atoms with Gasteiger partial charge < -0.3 is 5.11 Å². The summed E-state index contributed by atoms with van der Waals surface area (Å²) in [4.78, 5) is 8.37. The van der Waals surface area contributed by atoms with Crippen LogP contribution in [0.1, 0.15) is 5.56 Å². The van der Waals surface area contributed by atoms with Gasteiger partial charge in [-0.05, 0) is 11.6 Å². The molecule has 1 fully saturated rings. The van der Waals surface area contributed by atoms with Gasteiger partial charge in [0, 0.05) is 45.5 Å². The van der Waals surface area contributed by atoms with Crippen LogP contribution < -0.4 is 0 Å². The number of hydrogen-bond donors (Lipinski definition) is 1. The van der Waals surface area contributed by atoms with E-state index in [1.807, 2.05) is 0 Å². The molecule has 0 aromatic carbocycles. The number of piperazine rings is 1. The molecule has 1 aliphatic heterocycles. The van der Waals surface area contributed by atoms with Crippen molar-refractivity contribution in [1.82, 2.24) is 14.8 Å². The average molecular weight is 239 g/mol. The molecule has 0 saturated carbocycles. The molecular weight excluding hydrogens is 221 g/mol. The Hall–Kier alpha value is -1.04. The standard InChI is InChI=1S/C12H18FN3O/c13-12-7-11(8-14-9-12)10-16-3-1-15(2-4-16)5-6-17/h7-9,17H,1-6,10H2. The second-order valence-electron chi connectivity index (χ2n) is 4.35. The van der Waals surface area contributed by atoms with Crippen LogP contribution in [0.2, 0.25) is 0 Å². The molecule has 1 aromatic rings. The molecule has 5 heteroatoms. The Morgan fingerprint density at radius 1 is 1.18 bits per heavy atom. The predicted octanol–water partition coefficient (Wildman–Crippen LogP) is 0.331. The van der Waals surface area contributed by atoms with E-state index in [9.17, 15) is 4.39 Å². The molecule has 1 N–H and O–H groups in total. The van der Waals surface area contributed by atoms with Gasteiger partial charge in [0.2, 0.25) is 0 Å². The summed E-state index contributed by atoms with van der Waals surface area (Å²) in [5, 5.41) is 8.84. The third kappa shape index (κ3) is 3.73. The monoisotopic (exact) mass is 239 g/mol. The lowest BCUT2D eigenvalue weighted by atomic mass is 10.2. The third-order valence-electron chi connectivity index (χ3n) is 3.05. The van der Waals surface area contributed by atoms with Crippen molar-refractivity contribution in [2.75, 3.05) is 39.3 Å². The lowest BCUT2D eigenvalue weighted by Crippen LogP contribution is -2.46. The van der Waals surface area contributed by atoms with Gasteiger partial charge in [0.1, 0.15) is 5.82 Å². The summed E-state index contributed by atoms with van der Waals surface area (Å²) in [6.45, 7) is 5.54. The lowest BCUT2D eigenvalue weighted by Gasteiger charge is -2.34. The first-order valence-electron chi connectivity index (χ1n) is 5.93. The van der Waals surface area contributed by atoms with Gasteiger partial charge in [-0.1, -0.05) is 0 Å². The van der Waals surface area contributed by atoms with Crippen LogP contribution in [-0.4, -0.2) is 59.2 Å². The minimum absolute atomic E-state index is 0.216. The maximum atomic E-state index is 13.0. The molecule has 0 spiro atoms. The van der Waals surface area contributed by atoms with Crippen molar-refractivity contribution < 1.29 is 9.50 Å². The fourth-order valence-electron chi connectivity index (χ4n) is 2.11. The molecule has 1 saturated heterocycles. The Labute approximate surface area is 101 Å². The van der Waals surface area contributed by atoms with Crippen LogP contribution in [0.15, 0.2) is 18.5 Å². The molecule has 17 heavy (non-hydrogen) atoms. The van der Waals surface area contributed by atoms with Crippen LogP contribution in [0.3, 0.4) is 0 Å². The van der Waals surface area contributed by atoms with Gasteiger partial charge in [-0.3, -0.25) is 14.8 Å². The molecule has 94 valence electrons. The fraction of sp³-hybridized carbons (Fsp3) is 0.583. The molecule has 1 aliphatic rings. The van der Waals surface area contributed by atoms with Gasteiger partial charge >= 0.3 is 0 Å². The minimum atomic E-state index is -0.276. The van der Waals surface area contributed by atoms with Gasteiger partial charge in [-0.25, -0.2) is 4.39 Å². The van der Waals surface area contributed by atoms with Crippen LogP contribution in [0.5, 0.6) is 0 Å². The Morgan fingerprint density at radius 3 is 2.53 bits per heavy atom. The number of nitrogens with zero attached hydrogens (tertiary/aromatic N) is 3. The van der Waals surface area contributed by atoms with E-state index in [4.69, 9.17) is 5.11 Å². The Balaban J connectivity index is 1.82. The largest absolute Gasteiger partial charge is 0.395 e. The van der Waals surface area contributed by atoms with Gasteiger partial charge in [-0.15, -0.1) is 0 Å². The van der Waals surface area contributed by atoms with E-state index in [1.165, 1.54) is 12.3 Å². The summed E-state index contributed by atoms with van der Waals surface area (Å²) in [7, 11) is 0. The highest BCUT2D eigenvalue weighted by atomic mass is 19.1. The van der Waals surface area contributed by atoms with E-state index >= 15 is 0 Å². The highest BCUT2D eigenvalue weighted by Crippen LogP contribution is 2.08. The van der Waals surface area contributed by atoms with Crippen molar-refractivity contribution in [3.8, 4) is 0 Å². The van der Waals surface area contributed by atoms with Crippen molar-refractivity contribution in [2.45, 2.75) is 6.54 Å². The van der Waals surface area contributed by atoms with Crippen LogP contribution in [-0.2, 0) is 6.54 Å². The van der Waals surface area contributed by atoms with E-state index in [0.29, 0.717) is 0 Å². The second kappa shape index (κ2) is 6.05. The first kappa shape index (κ1) is 12.4. The third-order valence-corrected chi connectivity index (χ3v) is 3.05. The summed E-state index contributed by atoms with van der Waals surface area (Å²) in [5.74, 6) is -0.276. The van der Waals surface area contributed by atoms with E-state index in [-0.39, 0.29) is 12.4 Å². The first-order chi connectivity index (χ1) is 8.28. The molecule has 0 atom stereocenters. The van der Waals surface area contributed by atoms with E-state index in [2.05, 4.69) is 14.8 Å². The summed E-state index contributed by atoms with van der Waals surface area (Å²) in [6.07, 6.45) is 2.94. The molecule has 2 heterocycles. The SMILES string of the molecule is OCCN1CCN(Cc2cncc(F)c2)CC1. The number of hydrogen-bond acceptors (Lipinski definition) is 4. The Bertz CT molecular complexity index is 353. The van der Waals surface area contributed by atoms with Crippen LogP contribution >= 0.6 is 0 Å². The highest BCUT2D eigenvalue weighted by Gasteiger charge is 2.16.